The molecule has 2 heteroatoms. The lowest BCUT2D eigenvalue weighted by atomic mass is 9.99. The van der Waals surface area contributed by atoms with Crippen molar-refractivity contribution in [3.8, 4) is 23.7 Å². The molecule has 28 heavy (non-hydrogen) atoms. The monoisotopic (exact) mass is 484 g/mol. The Morgan fingerprint density at radius 2 is 0.893 bits per heavy atom. The van der Waals surface area contributed by atoms with Crippen molar-refractivity contribution >= 4 is 42.6 Å². The van der Waals surface area contributed by atoms with Crippen LogP contribution in [0.3, 0.4) is 0 Å². The van der Waals surface area contributed by atoms with Crippen molar-refractivity contribution in [3.63, 3.8) is 0 Å². The summed E-state index contributed by atoms with van der Waals surface area (Å²) in [6.45, 7) is 0. The van der Waals surface area contributed by atoms with Crippen LogP contribution in [-0.2, 0) is 0 Å². The van der Waals surface area contributed by atoms with E-state index in [4.69, 9.17) is 0 Å². The molecule has 4 aromatic carbocycles. The predicted molar refractivity (Wildman–Crippen MR) is 124 cm³/mol. The molecule has 132 valence electrons. The molecule has 0 heterocycles. The molecule has 0 N–H and O–H groups in total. The first kappa shape index (κ1) is 18.6. The Hall–Kier alpha value is -2.78. The lowest BCUT2D eigenvalue weighted by Crippen LogP contribution is -1.86. The van der Waals surface area contributed by atoms with Gasteiger partial charge in [-0.25, -0.2) is 0 Å². The molecule has 4 rings (SSSR count). The molecular formula is C26H14Br2. The molecule has 0 aromatic heterocycles. The molecule has 0 saturated carbocycles. The van der Waals surface area contributed by atoms with E-state index in [2.05, 4.69) is 79.8 Å². The van der Waals surface area contributed by atoms with E-state index in [1.54, 1.807) is 0 Å². The number of halogens is 2. The van der Waals surface area contributed by atoms with E-state index in [0.29, 0.717) is 0 Å². The summed E-state index contributed by atoms with van der Waals surface area (Å²) in [4.78, 5) is 0. The molecule has 0 aliphatic rings. The van der Waals surface area contributed by atoms with Gasteiger partial charge in [0.05, 0.1) is 0 Å². The molecule has 0 unspecified atom stereocenters. The molecule has 0 bridgehead atoms. The highest BCUT2D eigenvalue weighted by Gasteiger charge is 2.03. The standard InChI is InChI=1S/C26H14Br2/c27-24-15-9-19(10-16-24)7-13-22-5-1-3-21-4-2-6-23(26(21)22)14-8-20-11-17-25(28)18-12-20/h1-6,9-12,15-18H. The Kier molecular flexibility index (Phi) is 5.63. The van der Waals surface area contributed by atoms with Gasteiger partial charge in [0.1, 0.15) is 0 Å². The second-order valence-corrected chi connectivity index (χ2v) is 8.05. The van der Waals surface area contributed by atoms with Crippen LogP contribution in [0.4, 0.5) is 0 Å². The van der Waals surface area contributed by atoms with E-state index >= 15 is 0 Å². The number of hydrogen-bond donors (Lipinski definition) is 0. The van der Waals surface area contributed by atoms with Gasteiger partial charge >= 0.3 is 0 Å². The van der Waals surface area contributed by atoms with Gasteiger partial charge in [-0.05, 0) is 66.0 Å². The van der Waals surface area contributed by atoms with Gasteiger partial charge in [-0.1, -0.05) is 79.8 Å². The van der Waals surface area contributed by atoms with E-state index in [1.807, 2.05) is 60.7 Å². The van der Waals surface area contributed by atoms with E-state index < -0.39 is 0 Å². The molecule has 0 aliphatic carbocycles. The van der Waals surface area contributed by atoms with Gasteiger partial charge in [-0.2, -0.15) is 0 Å². The van der Waals surface area contributed by atoms with Gasteiger partial charge in [0.25, 0.3) is 0 Å². The van der Waals surface area contributed by atoms with Crippen molar-refractivity contribution < 1.29 is 0 Å². The fourth-order valence-corrected chi connectivity index (χ4v) is 3.42. The van der Waals surface area contributed by atoms with Crippen LogP contribution in [0.5, 0.6) is 0 Å². The highest BCUT2D eigenvalue weighted by Crippen LogP contribution is 2.22. The summed E-state index contributed by atoms with van der Waals surface area (Å²) < 4.78 is 2.10. The topological polar surface area (TPSA) is 0 Å². The molecule has 0 spiro atoms. The van der Waals surface area contributed by atoms with E-state index in [1.165, 1.54) is 0 Å². The highest BCUT2D eigenvalue weighted by molar-refractivity contribution is 9.10. The zero-order chi connectivity index (χ0) is 19.3. The van der Waals surface area contributed by atoms with Crippen LogP contribution in [0.2, 0.25) is 0 Å². The lowest BCUT2D eigenvalue weighted by Gasteiger charge is -2.04. The van der Waals surface area contributed by atoms with Crippen molar-refractivity contribution in [2.45, 2.75) is 0 Å². The Morgan fingerprint density at radius 1 is 0.464 bits per heavy atom. The van der Waals surface area contributed by atoms with Gasteiger partial charge in [-0.3, -0.25) is 0 Å². The minimum absolute atomic E-state index is 0.985. The van der Waals surface area contributed by atoms with Crippen molar-refractivity contribution in [1.82, 2.24) is 0 Å². The quantitative estimate of drug-likeness (QED) is 0.232. The summed E-state index contributed by atoms with van der Waals surface area (Å²) in [7, 11) is 0. The SMILES string of the molecule is Brc1ccc(C#Cc2cccc3cccc(C#Cc4ccc(Br)cc4)c23)cc1. The van der Waals surface area contributed by atoms with Crippen molar-refractivity contribution in [2.24, 2.45) is 0 Å². The van der Waals surface area contributed by atoms with Gasteiger partial charge in [0, 0.05) is 36.6 Å². The van der Waals surface area contributed by atoms with E-state index in [9.17, 15) is 0 Å². The summed E-state index contributed by atoms with van der Waals surface area (Å²) in [5.41, 5.74) is 3.94. The zero-order valence-electron chi connectivity index (χ0n) is 14.8. The summed E-state index contributed by atoms with van der Waals surface area (Å²) >= 11 is 6.92. The maximum atomic E-state index is 3.46. The fourth-order valence-electron chi connectivity index (χ4n) is 2.89. The first-order valence-corrected chi connectivity index (χ1v) is 10.3. The van der Waals surface area contributed by atoms with Gasteiger partial charge < -0.3 is 0 Å². The molecule has 0 saturated heterocycles. The van der Waals surface area contributed by atoms with Crippen LogP contribution < -0.4 is 0 Å². The smallest absolute Gasteiger partial charge is 0.0340 e. The zero-order valence-corrected chi connectivity index (χ0v) is 18.0. The van der Waals surface area contributed by atoms with Crippen LogP contribution in [0, 0.1) is 23.7 Å². The second-order valence-electron chi connectivity index (χ2n) is 6.22. The summed E-state index contributed by atoms with van der Waals surface area (Å²) in [5.74, 6) is 13.2. The lowest BCUT2D eigenvalue weighted by molar-refractivity contribution is 1.60. The number of hydrogen-bond acceptors (Lipinski definition) is 0. The molecule has 0 aliphatic heterocycles. The summed E-state index contributed by atoms with van der Waals surface area (Å²) in [5, 5.41) is 2.24. The summed E-state index contributed by atoms with van der Waals surface area (Å²) in [6.07, 6.45) is 0. The van der Waals surface area contributed by atoms with Crippen LogP contribution in [0.15, 0.2) is 93.9 Å². The molecular weight excluding hydrogens is 472 g/mol. The molecule has 4 aromatic rings. The Labute approximate surface area is 181 Å². The third kappa shape index (κ3) is 4.37. The van der Waals surface area contributed by atoms with Crippen LogP contribution in [0.1, 0.15) is 22.3 Å². The van der Waals surface area contributed by atoms with Gasteiger partial charge in [-0.15, -0.1) is 0 Å². The van der Waals surface area contributed by atoms with E-state index in [0.717, 1.165) is 42.0 Å². The van der Waals surface area contributed by atoms with Gasteiger partial charge in [0.2, 0.25) is 0 Å². The van der Waals surface area contributed by atoms with Crippen LogP contribution in [0.25, 0.3) is 10.8 Å². The molecule has 0 radical (unpaired) electrons. The molecule has 0 nitrogen and oxygen atoms in total. The average Bonchev–Trinajstić information content (AvgIpc) is 2.73. The predicted octanol–water partition coefficient (Wildman–Crippen LogP) is 7.16. The summed E-state index contributed by atoms with van der Waals surface area (Å²) in [6, 6.07) is 28.4. The van der Waals surface area contributed by atoms with Crippen LogP contribution >= 0.6 is 31.9 Å². The molecule has 0 fully saturated rings. The number of benzene rings is 4. The average molecular weight is 486 g/mol. The largest absolute Gasteiger partial charge is 0.0616 e. The number of rotatable bonds is 0. The maximum absolute atomic E-state index is 3.46. The third-order valence-corrected chi connectivity index (χ3v) is 5.33. The Bertz CT molecular complexity index is 1160. The second kappa shape index (κ2) is 8.49. The maximum Gasteiger partial charge on any atom is 0.0340 e. The normalized spacial score (nSPS) is 9.93. The minimum atomic E-state index is 0.985. The van der Waals surface area contributed by atoms with Crippen LogP contribution in [-0.4, -0.2) is 0 Å². The first-order valence-electron chi connectivity index (χ1n) is 8.76. The minimum Gasteiger partial charge on any atom is -0.0616 e. The fraction of sp³-hybridized carbons (Fsp3) is 0. The van der Waals surface area contributed by atoms with Gasteiger partial charge in [0.15, 0.2) is 0 Å². The van der Waals surface area contributed by atoms with Crippen molar-refractivity contribution in [1.29, 1.82) is 0 Å². The number of fused-ring (bicyclic) bond motifs is 1. The first-order chi connectivity index (χ1) is 13.7. The highest BCUT2D eigenvalue weighted by atomic mass is 79.9. The Morgan fingerprint density at radius 3 is 1.32 bits per heavy atom. The van der Waals surface area contributed by atoms with E-state index in [-0.39, 0.29) is 0 Å². The third-order valence-electron chi connectivity index (χ3n) is 4.28. The van der Waals surface area contributed by atoms with Crippen molar-refractivity contribution in [3.05, 3.63) is 116 Å². The molecule has 0 atom stereocenters. The molecule has 0 amide bonds. The van der Waals surface area contributed by atoms with Crippen molar-refractivity contribution in [2.75, 3.05) is 0 Å². The Balaban J connectivity index is 1.79.